The summed E-state index contributed by atoms with van der Waals surface area (Å²) in [5.74, 6) is 0. The van der Waals surface area contributed by atoms with Crippen LogP contribution in [0.5, 0.6) is 0 Å². The first-order valence-electron chi connectivity index (χ1n) is 4.66. The van der Waals surface area contributed by atoms with E-state index in [0.717, 1.165) is 19.4 Å². The Bertz CT molecular complexity index is 134. The second kappa shape index (κ2) is 4.21. The summed E-state index contributed by atoms with van der Waals surface area (Å²) >= 11 is 0. The fraction of sp³-hybridized carbons (Fsp3) is 1.00. The minimum Gasteiger partial charge on any atom is -0.377 e. The molecule has 1 unspecified atom stereocenters. The molecule has 3 heteroatoms. The molecule has 1 fully saturated rings. The van der Waals surface area contributed by atoms with Crippen molar-refractivity contribution in [2.75, 3.05) is 33.8 Å². The van der Waals surface area contributed by atoms with Gasteiger partial charge in [-0.3, -0.25) is 0 Å². The van der Waals surface area contributed by atoms with E-state index in [9.17, 15) is 0 Å². The Hall–Kier alpha value is -0.120. The lowest BCUT2D eigenvalue weighted by Crippen LogP contribution is -2.40. The lowest BCUT2D eigenvalue weighted by atomic mass is 9.95. The summed E-state index contributed by atoms with van der Waals surface area (Å²) in [7, 11) is 3.93. The molecular weight excluding hydrogens is 152 g/mol. The molecule has 0 aromatic heterocycles. The first kappa shape index (κ1) is 9.96. The second-order valence-corrected chi connectivity index (χ2v) is 3.75. The average molecular weight is 172 g/mol. The SMILES string of the molecule is COC1(CN)CCCN(C)CC1. The molecule has 3 nitrogen and oxygen atoms in total. The lowest BCUT2D eigenvalue weighted by Gasteiger charge is -2.29. The molecule has 0 bridgehead atoms. The van der Waals surface area contributed by atoms with Gasteiger partial charge in [0.2, 0.25) is 0 Å². The summed E-state index contributed by atoms with van der Waals surface area (Å²) in [6.45, 7) is 2.92. The van der Waals surface area contributed by atoms with Crippen LogP contribution in [-0.2, 0) is 4.74 Å². The van der Waals surface area contributed by atoms with Crippen LogP contribution in [0.15, 0.2) is 0 Å². The highest BCUT2D eigenvalue weighted by Gasteiger charge is 2.29. The van der Waals surface area contributed by atoms with E-state index in [0.29, 0.717) is 6.54 Å². The van der Waals surface area contributed by atoms with Gasteiger partial charge in [-0.15, -0.1) is 0 Å². The van der Waals surface area contributed by atoms with Crippen molar-refractivity contribution in [3.8, 4) is 0 Å². The van der Waals surface area contributed by atoms with Gasteiger partial charge in [0, 0.05) is 20.2 Å². The van der Waals surface area contributed by atoms with Gasteiger partial charge < -0.3 is 15.4 Å². The maximum absolute atomic E-state index is 5.72. The minimum absolute atomic E-state index is 0.0369. The van der Waals surface area contributed by atoms with Crippen LogP contribution >= 0.6 is 0 Å². The smallest absolute Gasteiger partial charge is 0.0813 e. The molecular formula is C9H20N2O. The third-order valence-electron chi connectivity index (χ3n) is 2.93. The van der Waals surface area contributed by atoms with E-state index >= 15 is 0 Å². The molecule has 0 aromatic carbocycles. The Morgan fingerprint density at radius 1 is 1.42 bits per heavy atom. The number of nitrogens with two attached hydrogens (primary N) is 1. The molecule has 1 aliphatic heterocycles. The fourth-order valence-electron chi connectivity index (χ4n) is 1.79. The highest BCUT2D eigenvalue weighted by molar-refractivity contribution is 4.85. The summed E-state index contributed by atoms with van der Waals surface area (Å²) in [6.07, 6.45) is 3.36. The zero-order chi connectivity index (χ0) is 9.03. The van der Waals surface area contributed by atoms with Crippen molar-refractivity contribution in [3.63, 3.8) is 0 Å². The molecule has 0 aliphatic carbocycles. The summed E-state index contributed by atoms with van der Waals surface area (Å²) in [5, 5.41) is 0. The van der Waals surface area contributed by atoms with Gasteiger partial charge >= 0.3 is 0 Å². The Morgan fingerprint density at radius 2 is 2.17 bits per heavy atom. The van der Waals surface area contributed by atoms with Crippen molar-refractivity contribution in [2.24, 2.45) is 5.73 Å². The van der Waals surface area contributed by atoms with E-state index in [-0.39, 0.29) is 5.60 Å². The molecule has 0 amide bonds. The van der Waals surface area contributed by atoms with Crippen molar-refractivity contribution >= 4 is 0 Å². The molecule has 0 spiro atoms. The maximum Gasteiger partial charge on any atom is 0.0813 e. The van der Waals surface area contributed by atoms with Crippen LogP contribution in [0.4, 0.5) is 0 Å². The summed E-state index contributed by atoms with van der Waals surface area (Å²) in [6, 6.07) is 0. The molecule has 1 aliphatic rings. The van der Waals surface area contributed by atoms with Crippen LogP contribution in [0, 0.1) is 0 Å². The number of likely N-dealkylation sites (tertiary alicyclic amines) is 1. The molecule has 1 saturated heterocycles. The minimum atomic E-state index is -0.0369. The maximum atomic E-state index is 5.72. The first-order valence-corrected chi connectivity index (χ1v) is 4.66. The predicted octanol–water partition coefficient (Wildman–Crippen LogP) is 0.446. The Morgan fingerprint density at radius 3 is 2.75 bits per heavy atom. The van der Waals surface area contributed by atoms with Crippen molar-refractivity contribution in [2.45, 2.75) is 24.9 Å². The van der Waals surface area contributed by atoms with Crippen LogP contribution in [0.3, 0.4) is 0 Å². The number of methoxy groups -OCH3 is 1. The molecule has 2 N–H and O–H groups in total. The van der Waals surface area contributed by atoms with E-state index in [2.05, 4.69) is 11.9 Å². The van der Waals surface area contributed by atoms with Crippen LogP contribution in [-0.4, -0.2) is 44.3 Å². The second-order valence-electron chi connectivity index (χ2n) is 3.75. The van der Waals surface area contributed by atoms with Crippen LogP contribution in [0.2, 0.25) is 0 Å². The highest BCUT2D eigenvalue weighted by Crippen LogP contribution is 2.23. The Kier molecular flexibility index (Phi) is 3.50. The normalized spacial score (nSPS) is 33.2. The van der Waals surface area contributed by atoms with Crippen LogP contribution in [0.1, 0.15) is 19.3 Å². The molecule has 72 valence electrons. The van der Waals surface area contributed by atoms with Gasteiger partial charge in [-0.05, 0) is 32.9 Å². The summed E-state index contributed by atoms with van der Waals surface area (Å²) in [5.41, 5.74) is 5.68. The predicted molar refractivity (Wildman–Crippen MR) is 50.1 cm³/mol. The van der Waals surface area contributed by atoms with Crippen LogP contribution < -0.4 is 5.73 Å². The average Bonchev–Trinajstić information content (AvgIpc) is 2.28. The van der Waals surface area contributed by atoms with E-state index in [1.807, 2.05) is 0 Å². The summed E-state index contributed by atoms with van der Waals surface area (Å²) < 4.78 is 5.50. The number of ether oxygens (including phenoxy) is 1. The molecule has 0 radical (unpaired) electrons. The van der Waals surface area contributed by atoms with Gasteiger partial charge in [-0.25, -0.2) is 0 Å². The Labute approximate surface area is 74.9 Å². The number of rotatable bonds is 2. The Balaban J connectivity index is 2.52. The largest absolute Gasteiger partial charge is 0.377 e. The zero-order valence-electron chi connectivity index (χ0n) is 8.18. The lowest BCUT2D eigenvalue weighted by molar-refractivity contribution is -0.0137. The van der Waals surface area contributed by atoms with Crippen molar-refractivity contribution in [1.82, 2.24) is 4.90 Å². The summed E-state index contributed by atoms with van der Waals surface area (Å²) in [4.78, 5) is 2.34. The van der Waals surface area contributed by atoms with E-state index in [1.165, 1.54) is 13.0 Å². The number of hydrogen-bond acceptors (Lipinski definition) is 3. The van der Waals surface area contributed by atoms with E-state index in [1.54, 1.807) is 7.11 Å². The molecule has 0 saturated carbocycles. The van der Waals surface area contributed by atoms with E-state index in [4.69, 9.17) is 10.5 Å². The first-order chi connectivity index (χ1) is 5.72. The van der Waals surface area contributed by atoms with Crippen molar-refractivity contribution < 1.29 is 4.74 Å². The number of nitrogens with zero attached hydrogens (tertiary/aromatic N) is 1. The monoisotopic (exact) mass is 172 g/mol. The fourth-order valence-corrected chi connectivity index (χ4v) is 1.79. The van der Waals surface area contributed by atoms with E-state index < -0.39 is 0 Å². The quantitative estimate of drug-likeness (QED) is 0.657. The molecule has 1 atom stereocenters. The standard InChI is InChI=1S/C9H20N2O/c1-11-6-3-4-9(8-10,12-2)5-7-11/h3-8,10H2,1-2H3. The van der Waals surface area contributed by atoms with Gasteiger partial charge in [0.15, 0.2) is 0 Å². The van der Waals surface area contributed by atoms with Crippen molar-refractivity contribution in [3.05, 3.63) is 0 Å². The van der Waals surface area contributed by atoms with Gasteiger partial charge in [-0.1, -0.05) is 0 Å². The molecule has 1 rings (SSSR count). The molecule has 1 heterocycles. The molecule has 12 heavy (non-hydrogen) atoms. The van der Waals surface area contributed by atoms with Gasteiger partial charge in [0.05, 0.1) is 5.60 Å². The zero-order valence-corrected chi connectivity index (χ0v) is 8.18. The van der Waals surface area contributed by atoms with Gasteiger partial charge in [0.25, 0.3) is 0 Å². The highest BCUT2D eigenvalue weighted by atomic mass is 16.5. The van der Waals surface area contributed by atoms with Crippen molar-refractivity contribution in [1.29, 1.82) is 0 Å². The van der Waals surface area contributed by atoms with Gasteiger partial charge in [-0.2, -0.15) is 0 Å². The third-order valence-corrected chi connectivity index (χ3v) is 2.93. The third kappa shape index (κ3) is 2.19. The van der Waals surface area contributed by atoms with Crippen LogP contribution in [0.25, 0.3) is 0 Å². The topological polar surface area (TPSA) is 38.5 Å². The number of hydrogen-bond donors (Lipinski definition) is 1. The van der Waals surface area contributed by atoms with Gasteiger partial charge in [0.1, 0.15) is 0 Å². The molecule has 0 aromatic rings.